The van der Waals surface area contributed by atoms with E-state index < -0.39 is 0 Å². The van der Waals surface area contributed by atoms with Crippen molar-refractivity contribution in [2.45, 2.75) is 99.8 Å². The Morgan fingerprint density at radius 2 is 0.969 bits per heavy atom. The predicted molar refractivity (Wildman–Crippen MR) is 141 cm³/mol. The number of azo groups is 1. The lowest BCUT2D eigenvalue weighted by molar-refractivity contribution is 0.764. The smallest absolute Gasteiger partial charge is 0.0926 e. The van der Waals surface area contributed by atoms with E-state index in [0.29, 0.717) is 29.6 Å². The highest BCUT2D eigenvalue weighted by atomic mass is 15.1. The Morgan fingerprint density at radius 3 is 1.31 bits per heavy atom. The number of nitrogens with zero attached hydrogens (tertiary/aromatic N) is 2. The van der Waals surface area contributed by atoms with Crippen LogP contribution < -0.4 is 0 Å². The van der Waals surface area contributed by atoms with Crippen LogP contribution in [0.4, 0.5) is 5.69 Å². The molecule has 0 saturated carbocycles. The Balaban J connectivity index is 2.85. The third-order valence-electron chi connectivity index (χ3n) is 6.44. The molecule has 2 aromatic carbocycles. The summed E-state index contributed by atoms with van der Waals surface area (Å²) in [5, 5.41) is 10.1. The molecule has 0 N–H and O–H groups in total. The van der Waals surface area contributed by atoms with Gasteiger partial charge in [-0.15, -0.1) is 10.2 Å². The quantitative estimate of drug-likeness (QED) is 0.371. The zero-order valence-electron chi connectivity index (χ0n) is 22.2. The zero-order chi connectivity index (χ0) is 24.2. The van der Waals surface area contributed by atoms with Gasteiger partial charge in [-0.2, -0.15) is 0 Å². The molecule has 32 heavy (non-hydrogen) atoms. The first-order valence-electron chi connectivity index (χ1n) is 12.4. The monoisotopic (exact) mass is 432 g/mol. The molecule has 0 radical (unpaired) electrons. The number of benzene rings is 2. The van der Waals surface area contributed by atoms with E-state index in [0.717, 1.165) is 11.4 Å². The van der Waals surface area contributed by atoms with Crippen LogP contribution >= 0.6 is 0 Å². The molecule has 0 atom stereocenters. The molecule has 0 unspecified atom stereocenters. The van der Waals surface area contributed by atoms with E-state index >= 15 is 0 Å². The Bertz CT molecular complexity index is 920. The minimum atomic E-state index is 0.397. The van der Waals surface area contributed by atoms with Crippen molar-refractivity contribution in [1.29, 1.82) is 0 Å². The van der Waals surface area contributed by atoms with Gasteiger partial charge in [0.05, 0.1) is 11.4 Å². The van der Waals surface area contributed by atoms with Crippen LogP contribution in [0.15, 0.2) is 52.2 Å². The maximum Gasteiger partial charge on any atom is 0.0926 e. The average Bonchev–Trinajstić information content (AvgIpc) is 2.72. The third-order valence-corrected chi connectivity index (χ3v) is 6.44. The van der Waals surface area contributed by atoms with E-state index in [9.17, 15) is 0 Å². The van der Waals surface area contributed by atoms with Gasteiger partial charge in [-0.05, 0) is 64.3 Å². The second-order valence-corrected chi connectivity index (χ2v) is 10.6. The molecule has 2 aromatic rings. The molecule has 0 saturated heterocycles. The number of hydrogen-bond donors (Lipinski definition) is 0. The summed E-state index contributed by atoms with van der Waals surface area (Å²) < 4.78 is 0. The fraction of sp³-hybridized carbons (Fsp3) is 0.533. The Labute approximate surface area is 197 Å². The maximum absolute atomic E-state index is 5.06. The second-order valence-electron chi connectivity index (χ2n) is 10.6. The van der Waals surface area contributed by atoms with Crippen LogP contribution in [0.1, 0.15) is 128 Å². The summed E-state index contributed by atoms with van der Waals surface area (Å²) in [5.41, 5.74) is 9.89. The van der Waals surface area contributed by atoms with Crippen molar-refractivity contribution < 1.29 is 0 Å². The van der Waals surface area contributed by atoms with E-state index in [4.69, 9.17) is 10.2 Å². The number of hydrogen-bond acceptors (Lipinski definition) is 2. The lowest BCUT2D eigenvalue weighted by atomic mass is 9.85. The Hall–Kier alpha value is -2.22. The van der Waals surface area contributed by atoms with Gasteiger partial charge < -0.3 is 0 Å². The number of rotatable bonds is 8. The predicted octanol–water partition coefficient (Wildman–Crippen LogP) is 10.4. The van der Waals surface area contributed by atoms with Crippen LogP contribution in [-0.4, -0.2) is 0 Å². The van der Waals surface area contributed by atoms with E-state index in [1.807, 2.05) is 0 Å². The highest BCUT2D eigenvalue weighted by Crippen LogP contribution is 2.40. The normalized spacial score (nSPS) is 13.4. The fourth-order valence-electron chi connectivity index (χ4n) is 4.15. The molecule has 0 aliphatic carbocycles. The van der Waals surface area contributed by atoms with Crippen molar-refractivity contribution >= 4 is 11.4 Å². The summed E-state index contributed by atoms with van der Waals surface area (Å²) in [5.74, 6) is 2.03. The van der Waals surface area contributed by atoms with Crippen molar-refractivity contribution in [1.82, 2.24) is 0 Å². The zero-order valence-corrected chi connectivity index (χ0v) is 22.2. The summed E-state index contributed by atoms with van der Waals surface area (Å²) in [7, 11) is 0. The topological polar surface area (TPSA) is 24.7 Å². The fourth-order valence-corrected chi connectivity index (χ4v) is 4.15. The van der Waals surface area contributed by atoms with Gasteiger partial charge in [-0.1, -0.05) is 106 Å². The van der Waals surface area contributed by atoms with Gasteiger partial charge in [0.1, 0.15) is 0 Å². The van der Waals surface area contributed by atoms with Gasteiger partial charge in [0.15, 0.2) is 0 Å². The van der Waals surface area contributed by atoms with Crippen LogP contribution in [0.5, 0.6) is 0 Å². The van der Waals surface area contributed by atoms with Crippen molar-refractivity contribution in [3.05, 3.63) is 69.8 Å². The lowest BCUT2D eigenvalue weighted by Gasteiger charge is -2.22. The van der Waals surface area contributed by atoms with Crippen LogP contribution in [0.3, 0.4) is 0 Å². The van der Waals surface area contributed by atoms with E-state index in [2.05, 4.69) is 113 Å². The molecule has 0 spiro atoms. The third kappa shape index (κ3) is 5.77. The van der Waals surface area contributed by atoms with Gasteiger partial charge >= 0.3 is 0 Å². The molecule has 0 aromatic heterocycles. The van der Waals surface area contributed by atoms with Gasteiger partial charge in [0.25, 0.3) is 0 Å². The number of allylic oxidation sites excluding steroid dienone is 1. The molecular formula is C30H44N2. The Morgan fingerprint density at radius 1 is 0.594 bits per heavy atom. The van der Waals surface area contributed by atoms with E-state index in [1.165, 1.54) is 33.4 Å². The summed E-state index contributed by atoms with van der Waals surface area (Å²) in [4.78, 5) is 0. The lowest BCUT2D eigenvalue weighted by Crippen LogP contribution is -2.05. The standard InChI is InChI=1S/C30H44N2/c1-18(2)23(11)29(28-24(19(3)4)14-12-15-25(28)20(5)6)31-32-30-26(21(7)8)16-13-17-27(30)22(9)10/h12-22H,1-11H3. The van der Waals surface area contributed by atoms with E-state index in [-0.39, 0.29) is 0 Å². The highest BCUT2D eigenvalue weighted by molar-refractivity contribution is 5.74. The van der Waals surface area contributed by atoms with Gasteiger partial charge in [0.2, 0.25) is 0 Å². The minimum absolute atomic E-state index is 0.397. The molecule has 174 valence electrons. The van der Waals surface area contributed by atoms with Crippen LogP contribution in [-0.2, 0) is 0 Å². The molecule has 2 heteroatoms. The Kier molecular flexibility index (Phi) is 9.01. The minimum Gasteiger partial charge on any atom is -0.150 e. The highest BCUT2D eigenvalue weighted by Gasteiger charge is 2.21. The molecule has 0 amide bonds. The van der Waals surface area contributed by atoms with Gasteiger partial charge in [-0.3, -0.25) is 0 Å². The molecule has 0 fully saturated rings. The molecule has 0 heterocycles. The first kappa shape index (κ1) is 26.0. The van der Waals surface area contributed by atoms with E-state index in [1.54, 1.807) is 0 Å². The largest absolute Gasteiger partial charge is 0.150 e. The van der Waals surface area contributed by atoms with Crippen molar-refractivity contribution in [2.75, 3.05) is 0 Å². The summed E-state index contributed by atoms with van der Waals surface area (Å²) in [6.07, 6.45) is 0. The average molecular weight is 433 g/mol. The molecule has 0 bridgehead atoms. The molecule has 2 nitrogen and oxygen atoms in total. The first-order chi connectivity index (χ1) is 15.0. The summed E-state index contributed by atoms with van der Waals surface area (Å²) in [6.45, 7) is 24.7. The first-order valence-corrected chi connectivity index (χ1v) is 12.4. The van der Waals surface area contributed by atoms with Crippen molar-refractivity contribution in [2.24, 2.45) is 16.1 Å². The van der Waals surface area contributed by atoms with Gasteiger partial charge in [-0.25, -0.2) is 0 Å². The second kappa shape index (κ2) is 11.1. The maximum atomic E-state index is 5.06. The van der Waals surface area contributed by atoms with Crippen molar-refractivity contribution in [3.8, 4) is 0 Å². The van der Waals surface area contributed by atoms with Crippen LogP contribution in [0, 0.1) is 5.92 Å². The van der Waals surface area contributed by atoms with Crippen LogP contribution in [0.2, 0.25) is 0 Å². The van der Waals surface area contributed by atoms with Crippen LogP contribution in [0.25, 0.3) is 5.70 Å². The SMILES string of the molecule is CC(=C(N=Nc1c(C(C)C)cccc1C(C)C)c1c(C(C)C)cccc1C(C)C)C(C)C. The van der Waals surface area contributed by atoms with Crippen molar-refractivity contribution in [3.63, 3.8) is 0 Å². The van der Waals surface area contributed by atoms with Gasteiger partial charge in [0, 0.05) is 5.56 Å². The molecule has 2 rings (SSSR count). The molecule has 0 aliphatic heterocycles. The summed E-state index contributed by atoms with van der Waals surface area (Å²) >= 11 is 0. The molecule has 0 aliphatic rings. The molecular weight excluding hydrogens is 388 g/mol. The summed E-state index contributed by atoms with van der Waals surface area (Å²) in [6, 6.07) is 13.3.